The Balaban J connectivity index is 1.72. The van der Waals surface area contributed by atoms with Gasteiger partial charge >= 0.3 is 0 Å². The number of rotatable bonds is 7. The van der Waals surface area contributed by atoms with Crippen molar-refractivity contribution < 1.29 is 14.3 Å². The molecule has 27 heavy (non-hydrogen) atoms. The van der Waals surface area contributed by atoms with Crippen molar-refractivity contribution in [2.75, 3.05) is 33.9 Å². The molecule has 1 radical (unpaired) electrons. The van der Waals surface area contributed by atoms with Crippen molar-refractivity contribution in [3.8, 4) is 5.75 Å². The zero-order valence-corrected chi connectivity index (χ0v) is 16.0. The normalized spacial score (nSPS) is 16.7. The van der Waals surface area contributed by atoms with Crippen LogP contribution in [0.5, 0.6) is 5.75 Å². The number of nitrogens with one attached hydrogen (secondary N) is 1. The molecule has 0 spiro atoms. The van der Waals surface area contributed by atoms with E-state index in [0.717, 1.165) is 31.5 Å². The minimum atomic E-state index is -0.222. The van der Waals surface area contributed by atoms with Crippen molar-refractivity contribution >= 4 is 5.91 Å². The number of piperidine rings is 1. The number of ether oxygens (including phenoxy) is 2. The van der Waals surface area contributed by atoms with Gasteiger partial charge in [-0.1, -0.05) is 42.5 Å². The third-order valence-electron chi connectivity index (χ3n) is 4.85. The number of carbonyl (C=O) groups excluding carboxylic acids is 1. The van der Waals surface area contributed by atoms with Crippen LogP contribution in [0.2, 0.25) is 0 Å². The predicted octanol–water partition coefficient (Wildman–Crippen LogP) is 3.08. The highest BCUT2D eigenvalue weighted by molar-refractivity contribution is 5.97. The molecule has 1 unspecified atom stereocenters. The van der Waals surface area contributed by atoms with Crippen LogP contribution in [0.25, 0.3) is 0 Å². The number of benzene rings is 2. The number of likely N-dealkylation sites (tertiary alicyclic amines) is 1. The predicted molar refractivity (Wildman–Crippen MR) is 105 cm³/mol. The second kappa shape index (κ2) is 9.53. The van der Waals surface area contributed by atoms with Crippen LogP contribution in [-0.2, 0) is 4.74 Å². The van der Waals surface area contributed by atoms with E-state index < -0.39 is 0 Å². The van der Waals surface area contributed by atoms with Crippen LogP contribution in [0.4, 0.5) is 0 Å². The van der Waals surface area contributed by atoms with E-state index in [2.05, 4.69) is 23.3 Å². The molecule has 1 N–H and O–H groups in total. The second-order valence-electron chi connectivity index (χ2n) is 6.93. The number of para-hydroxylation sites is 1. The molecule has 2 aromatic rings. The van der Waals surface area contributed by atoms with Crippen molar-refractivity contribution in [2.45, 2.75) is 25.0 Å². The molecule has 1 fully saturated rings. The summed E-state index contributed by atoms with van der Waals surface area (Å²) in [4.78, 5) is 15.2. The Labute approximate surface area is 161 Å². The quantitative estimate of drug-likeness (QED) is 0.817. The molecule has 1 saturated heterocycles. The lowest BCUT2D eigenvalue weighted by molar-refractivity contribution is 0.0875. The molecule has 0 aromatic heterocycles. The third-order valence-corrected chi connectivity index (χ3v) is 4.85. The molecule has 1 atom stereocenters. The largest absolute Gasteiger partial charge is 0.489 e. The first-order chi connectivity index (χ1) is 13.2. The zero-order valence-electron chi connectivity index (χ0n) is 16.0. The zero-order chi connectivity index (χ0) is 19.1. The average molecular weight is 367 g/mol. The van der Waals surface area contributed by atoms with Gasteiger partial charge in [-0.3, -0.25) is 4.79 Å². The van der Waals surface area contributed by atoms with Gasteiger partial charge in [0.2, 0.25) is 0 Å². The van der Waals surface area contributed by atoms with Crippen LogP contribution in [0.1, 0.15) is 34.8 Å². The number of hydrogen-bond acceptors (Lipinski definition) is 4. The number of carbonyl (C=O) groups is 1. The van der Waals surface area contributed by atoms with Gasteiger partial charge in [-0.25, -0.2) is 0 Å². The molecule has 1 heterocycles. The van der Waals surface area contributed by atoms with E-state index >= 15 is 0 Å². The molecule has 3 rings (SSSR count). The smallest absolute Gasteiger partial charge is 0.255 e. The van der Waals surface area contributed by atoms with Crippen molar-refractivity contribution in [1.29, 1.82) is 0 Å². The van der Waals surface area contributed by atoms with Crippen molar-refractivity contribution in [3.63, 3.8) is 0 Å². The van der Waals surface area contributed by atoms with E-state index in [1.165, 1.54) is 0 Å². The molecule has 1 aliphatic rings. The van der Waals surface area contributed by atoms with Crippen LogP contribution in [-0.4, -0.2) is 50.8 Å². The Bertz CT molecular complexity index is 727. The van der Waals surface area contributed by atoms with Gasteiger partial charge in [-0.15, -0.1) is 0 Å². The fraction of sp³-hybridized carbons (Fsp3) is 0.409. The molecule has 1 amide bonds. The van der Waals surface area contributed by atoms with E-state index in [1.807, 2.05) is 36.4 Å². The van der Waals surface area contributed by atoms with Gasteiger partial charge in [0, 0.05) is 26.3 Å². The summed E-state index contributed by atoms with van der Waals surface area (Å²) in [6.07, 6.45) is 2.03. The molecule has 0 saturated carbocycles. The average Bonchev–Trinajstić information content (AvgIpc) is 2.70. The van der Waals surface area contributed by atoms with E-state index in [-0.39, 0.29) is 18.1 Å². The van der Waals surface area contributed by atoms with Crippen LogP contribution in [0.3, 0.4) is 0 Å². The van der Waals surface area contributed by atoms with Gasteiger partial charge in [-0.2, -0.15) is 0 Å². The summed E-state index contributed by atoms with van der Waals surface area (Å²) in [5.41, 5.74) is 1.51. The van der Waals surface area contributed by atoms with Crippen LogP contribution < -0.4 is 10.1 Å². The fourth-order valence-electron chi connectivity index (χ4n) is 3.28. The van der Waals surface area contributed by atoms with Gasteiger partial charge in [0.05, 0.1) is 18.2 Å². The highest BCUT2D eigenvalue weighted by Gasteiger charge is 2.22. The van der Waals surface area contributed by atoms with Gasteiger partial charge in [0.1, 0.15) is 11.9 Å². The summed E-state index contributed by atoms with van der Waals surface area (Å²) in [5, 5.41) is 3.06. The molecule has 2 aromatic carbocycles. The van der Waals surface area contributed by atoms with Gasteiger partial charge in [-0.05, 0) is 31.5 Å². The summed E-state index contributed by atoms with van der Waals surface area (Å²) in [6, 6.07) is 18.1. The summed E-state index contributed by atoms with van der Waals surface area (Å²) in [5.74, 6) is 0.342. The van der Waals surface area contributed by atoms with Crippen LogP contribution in [0.15, 0.2) is 48.5 Å². The van der Waals surface area contributed by atoms with Crippen molar-refractivity contribution in [3.05, 3.63) is 65.7 Å². The highest BCUT2D eigenvalue weighted by Crippen LogP contribution is 2.23. The van der Waals surface area contributed by atoms with E-state index in [4.69, 9.17) is 9.47 Å². The molecule has 1 aliphatic heterocycles. The monoisotopic (exact) mass is 367 g/mol. The number of methoxy groups -OCH3 is 1. The summed E-state index contributed by atoms with van der Waals surface area (Å²) in [7, 11) is 3.75. The lowest BCUT2D eigenvalue weighted by atomic mass is 10.1. The van der Waals surface area contributed by atoms with E-state index in [1.54, 1.807) is 19.2 Å². The Morgan fingerprint density at radius 2 is 1.96 bits per heavy atom. The molecular formula is C22H27N2O3. The number of amides is 1. The molecule has 0 bridgehead atoms. The molecule has 0 aliphatic carbocycles. The topological polar surface area (TPSA) is 50.8 Å². The number of nitrogens with zero attached hydrogens (tertiary/aromatic N) is 1. The van der Waals surface area contributed by atoms with Crippen molar-refractivity contribution in [1.82, 2.24) is 10.2 Å². The van der Waals surface area contributed by atoms with Gasteiger partial charge in [0.15, 0.2) is 0 Å². The second-order valence-corrected chi connectivity index (χ2v) is 6.93. The summed E-state index contributed by atoms with van der Waals surface area (Å²) in [6.45, 7) is 2.41. The molecule has 5 heteroatoms. The Kier molecular flexibility index (Phi) is 6.85. The maximum Gasteiger partial charge on any atom is 0.255 e. The lowest BCUT2D eigenvalue weighted by Gasteiger charge is -2.29. The molecule has 143 valence electrons. The fourth-order valence-corrected chi connectivity index (χ4v) is 3.28. The molecule has 5 nitrogen and oxygen atoms in total. The Morgan fingerprint density at radius 1 is 1.22 bits per heavy atom. The maximum atomic E-state index is 12.9. The van der Waals surface area contributed by atoms with Gasteiger partial charge < -0.3 is 19.7 Å². The van der Waals surface area contributed by atoms with E-state index in [9.17, 15) is 4.79 Å². The molecular weight excluding hydrogens is 340 g/mol. The standard InChI is InChI=1S/C22H27N2O3/c1-24-14-12-18(13-15-24)27-21-11-7-6-10-19(21)22(25)23-20(16-26-2)17-8-4-3-5-9-17/h3-10,18,20H,12-16H2,1-2H3,(H,23,25). The third kappa shape index (κ3) is 5.31. The van der Waals surface area contributed by atoms with Crippen molar-refractivity contribution in [2.24, 2.45) is 0 Å². The Morgan fingerprint density at radius 3 is 2.67 bits per heavy atom. The maximum absolute atomic E-state index is 12.9. The Hall–Kier alpha value is -2.37. The lowest BCUT2D eigenvalue weighted by Crippen LogP contribution is -2.36. The first-order valence-electron chi connectivity index (χ1n) is 9.38. The first kappa shape index (κ1) is 19.4. The number of hydrogen-bond donors (Lipinski definition) is 1. The summed E-state index contributed by atoms with van der Waals surface area (Å²) >= 11 is 0. The van der Waals surface area contributed by atoms with Crippen LogP contribution in [0, 0.1) is 6.07 Å². The minimum Gasteiger partial charge on any atom is -0.489 e. The first-order valence-corrected chi connectivity index (χ1v) is 9.38. The summed E-state index contributed by atoms with van der Waals surface area (Å²) < 4.78 is 11.4. The van der Waals surface area contributed by atoms with E-state index in [0.29, 0.717) is 17.9 Å². The SMILES string of the molecule is COCC(NC(=O)c1ccc[c]c1OC1CCN(C)CC1)c1ccccc1. The van der Waals surface area contributed by atoms with Gasteiger partial charge in [0.25, 0.3) is 5.91 Å². The highest BCUT2D eigenvalue weighted by atomic mass is 16.5. The minimum absolute atomic E-state index is 0.121. The van der Waals surface area contributed by atoms with Crippen LogP contribution >= 0.6 is 0 Å².